The maximum atomic E-state index is 11.9. The highest BCUT2D eigenvalue weighted by Gasteiger charge is 2.45. The van der Waals surface area contributed by atoms with Gasteiger partial charge in [0.05, 0.1) is 12.5 Å². The molecule has 2 rings (SSSR count). The number of nitrogens with zero attached hydrogens (tertiary/aromatic N) is 2. The number of methoxy groups -OCH3 is 1. The van der Waals surface area contributed by atoms with E-state index in [1.54, 1.807) is 6.20 Å². The molecule has 0 atom stereocenters. The molecule has 0 radical (unpaired) electrons. The first-order valence-corrected chi connectivity index (χ1v) is 6.82. The maximum absolute atomic E-state index is 11.9. The highest BCUT2D eigenvalue weighted by Crippen LogP contribution is 2.42. The van der Waals surface area contributed by atoms with Crippen LogP contribution in [0.3, 0.4) is 0 Å². The van der Waals surface area contributed by atoms with Gasteiger partial charge in [-0.05, 0) is 37.9 Å². The van der Waals surface area contributed by atoms with Gasteiger partial charge in [0.1, 0.15) is 0 Å². The van der Waals surface area contributed by atoms with Gasteiger partial charge in [0.15, 0.2) is 0 Å². The van der Waals surface area contributed by atoms with Crippen LogP contribution in [0.5, 0.6) is 0 Å². The van der Waals surface area contributed by atoms with Crippen LogP contribution in [0, 0.1) is 5.41 Å². The normalized spacial score (nSPS) is 17.0. The first-order chi connectivity index (χ1) is 9.16. The molecule has 104 valence electrons. The Morgan fingerprint density at radius 2 is 2.32 bits per heavy atom. The number of hydrogen-bond acceptors (Lipinski definition) is 4. The van der Waals surface area contributed by atoms with Crippen LogP contribution in [0.4, 0.5) is 0 Å². The van der Waals surface area contributed by atoms with Crippen LogP contribution >= 0.6 is 0 Å². The summed E-state index contributed by atoms with van der Waals surface area (Å²) in [5.41, 5.74) is 0.980. The van der Waals surface area contributed by atoms with Crippen LogP contribution in [0.25, 0.3) is 0 Å². The van der Waals surface area contributed by atoms with E-state index in [2.05, 4.69) is 23.0 Å². The van der Waals surface area contributed by atoms with Gasteiger partial charge in [-0.2, -0.15) is 0 Å². The molecule has 1 aromatic heterocycles. The largest absolute Gasteiger partial charge is 0.469 e. The van der Waals surface area contributed by atoms with E-state index < -0.39 is 0 Å². The van der Waals surface area contributed by atoms with Crippen molar-refractivity contribution < 1.29 is 9.53 Å². The average molecular weight is 262 g/mol. The number of aromatic nitrogens is 1. The quantitative estimate of drug-likeness (QED) is 0.734. The molecule has 0 amide bonds. The van der Waals surface area contributed by atoms with Crippen molar-refractivity contribution in [2.24, 2.45) is 5.41 Å². The Balaban J connectivity index is 1.83. The lowest BCUT2D eigenvalue weighted by atomic mass is 9.68. The Bertz CT molecular complexity index is 415. The van der Waals surface area contributed by atoms with E-state index in [1.165, 1.54) is 12.7 Å². The van der Waals surface area contributed by atoms with Crippen molar-refractivity contribution in [2.45, 2.75) is 25.7 Å². The molecule has 1 saturated carbocycles. The molecular weight excluding hydrogens is 240 g/mol. The van der Waals surface area contributed by atoms with Crippen molar-refractivity contribution in [2.75, 3.05) is 27.2 Å². The van der Waals surface area contributed by atoms with Crippen LogP contribution in [-0.2, 0) is 16.0 Å². The highest BCUT2D eigenvalue weighted by molar-refractivity contribution is 5.78. The number of esters is 1. The zero-order valence-electron chi connectivity index (χ0n) is 11.8. The van der Waals surface area contributed by atoms with Crippen molar-refractivity contribution >= 4 is 5.97 Å². The van der Waals surface area contributed by atoms with Gasteiger partial charge in [-0.1, -0.05) is 12.5 Å². The second kappa shape index (κ2) is 6.15. The number of pyridine rings is 1. The fourth-order valence-corrected chi connectivity index (χ4v) is 2.71. The van der Waals surface area contributed by atoms with Crippen molar-refractivity contribution in [1.29, 1.82) is 0 Å². The molecule has 1 fully saturated rings. The van der Waals surface area contributed by atoms with Crippen LogP contribution in [0.2, 0.25) is 0 Å². The molecule has 1 aliphatic rings. The molecule has 0 aromatic carbocycles. The monoisotopic (exact) mass is 262 g/mol. The van der Waals surface area contributed by atoms with Crippen LogP contribution in [0.1, 0.15) is 24.8 Å². The Kier molecular flexibility index (Phi) is 4.53. The van der Waals surface area contributed by atoms with Crippen molar-refractivity contribution in [3.8, 4) is 0 Å². The Hall–Kier alpha value is -1.42. The second-order valence-electron chi connectivity index (χ2n) is 5.47. The summed E-state index contributed by atoms with van der Waals surface area (Å²) >= 11 is 0. The predicted octanol–water partition coefficient (Wildman–Crippen LogP) is 1.90. The first-order valence-electron chi connectivity index (χ1n) is 6.82. The number of rotatable bonds is 6. The molecule has 0 aliphatic heterocycles. The van der Waals surface area contributed by atoms with Gasteiger partial charge in [-0.15, -0.1) is 0 Å². The standard InChI is InChI=1S/C15H22N2O2/c1-17(10-6-13-5-3-9-16-11-13)12-15(7-4-8-15)14(18)19-2/h3,5,9,11H,4,6-8,10,12H2,1-2H3. The summed E-state index contributed by atoms with van der Waals surface area (Å²) in [6.07, 6.45) is 7.68. The van der Waals surface area contributed by atoms with E-state index in [-0.39, 0.29) is 11.4 Å². The van der Waals surface area contributed by atoms with Gasteiger partial charge in [0, 0.05) is 25.5 Å². The molecule has 0 saturated heterocycles. The zero-order valence-corrected chi connectivity index (χ0v) is 11.8. The summed E-state index contributed by atoms with van der Waals surface area (Å²) in [5, 5.41) is 0. The third kappa shape index (κ3) is 3.32. The van der Waals surface area contributed by atoms with Gasteiger partial charge < -0.3 is 9.64 Å². The third-order valence-corrected chi connectivity index (χ3v) is 4.01. The average Bonchev–Trinajstić information content (AvgIpc) is 2.41. The number of carbonyl (C=O) groups is 1. The lowest BCUT2D eigenvalue weighted by molar-refractivity contribution is -0.159. The van der Waals surface area contributed by atoms with Crippen LogP contribution in [0.15, 0.2) is 24.5 Å². The predicted molar refractivity (Wildman–Crippen MR) is 73.7 cm³/mol. The zero-order chi connectivity index (χ0) is 13.7. The molecule has 1 aromatic rings. The van der Waals surface area contributed by atoms with Gasteiger partial charge in [0.25, 0.3) is 0 Å². The third-order valence-electron chi connectivity index (χ3n) is 4.01. The molecule has 19 heavy (non-hydrogen) atoms. The van der Waals surface area contributed by atoms with Gasteiger partial charge in [-0.25, -0.2) is 0 Å². The minimum atomic E-state index is -0.252. The van der Waals surface area contributed by atoms with Gasteiger partial charge >= 0.3 is 5.97 Å². The number of carbonyl (C=O) groups excluding carboxylic acids is 1. The summed E-state index contributed by atoms with van der Waals surface area (Å²) in [6.45, 7) is 1.73. The summed E-state index contributed by atoms with van der Waals surface area (Å²) in [6, 6.07) is 4.04. The minimum absolute atomic E-state index is 0.0491. The Morgan fingerprint density at radius 1 is 1.53 bits per heavy atom. The molecule has 4 nitrogen and oxygen atoms in total. The number of ether oxygens (including phenoxy) is 1. The van der Waals surface area contributed by atoms with E-state index >= 15 is 0 Å². The molecule has 0 bridgehead atoms. The van der Waals surface area contributed by atoms with E-state index in [0.29, 0.717) is 0 Å². The van der Waals surface area contributed by atoms with E-state index in [1.807, 2.05) is 12.3 Å². The van der Waals surface area contributed by atoms with Crippen molar-refractivity contribution in [1.82, 2.24) is 9.88 Å². The van der Waals surface area contributed by atoms with E-state index in [0.717, 1.165) is 38.8 Å². The molecule has 0 spiro atoms. The molecule has 0 unspecified atom stereocenters. The molecule has 4 heteroatoms. The highest BCUT2D eigenvalue weighted by atomic mass is 16.5. The Labute approximate surface area is 114 Å². The van der Waals surface area contributed by atoms with Crippen LogP contribution < -0.4 is 0 Å². The van der Waals surface area contributed by atoms with Crippen molar-refractivity contribution in [3.05, 3.63) is 30.1 Å². The smallest absolute Gasteiger partial charge is 0.313 e. The summed E-state index contributed by atoms with van der Waals surface area (Å²) in [4.78, 5) is 18.2. The molecule has 1 heterocycles. The molecule has 0 N–H and O–H groups in total. The topological polar surface area (TPSA) is 42.4 Å². The van der Waals surface area contributed by atoms with Gasteiger partial charge in [-0.3, -0.25) is 9.78 Å². The number of likely N-dealkylation sites (N-methyl/N-ethyl adjacent to an activating group) is 1. The SMILES string of the molecule is COC(=O)C1(CN(C)CCc2cccnc2)CCC1. The lowest BCUT2D eigenvalue weighted by Gasteiger charge is -2.41. The molecule has 1 aliphatic carbocycles. The fraction of sp³-hybridized carbons (Fsp3) is 0.600. The van der Waals surface area contributed by atoms with Crippen LogP contribution in [-0.4, -0.2) is 43.1 Å². The summed E-state index contributed by atoms with van der Waals surface area (Å²) < 4.78 is 4.95. The van der Waals surface area contributed by atoms with E-state index in [9.17, 15) is 4.79 Å². The summed E-state index contributed by atoms with van der Waals surface area (Å²) in [5.74, 6) is -0.0491. The number of hydrogen-bond donors (Lipinski definition) is 0. The minimum Gasteiger partial charge on any atom is -0.469 e. The summed E-state index contributed by atoms with van der Waals surface area (Å²) in [7, 11) is 3.55. The van der Waals surface area contributed by atoms with Gasteiger partial charge in [0.2, 0.25) is 0 Å². The van der Waals surface area contributed by atoms with Crippen molar-refractivity contribution in [3.63, 3.8) is 0 Å². The maximum Gasteiger partial charge on any atom is 0.313 e. The lowest BCUT2D eigenvalue weighted by Crippen LogP contribution is -2.47. The first kappa shape index (κ1) is 14.0. The second-order valence-corrected chi connectivity index (χ2v) is 5.47. The Morgan fingerprint density at radius 3 is 2.84 bits per heavy atom. The molecular formula is C15H22N2O2. The van der Waals surface area contributed by atoms with E-state index in [4.69, 9.17) is 4.74 Å². The fourth-order valence-electron chi connectivity index (χ4n) is 2.71.